The van der Waals surface area contributed by atoms with E-state index in [1.165, 1.54) is 0 Å². The molecule has 1 aromatic rings. The maximum atomic E-state index is 11.6. The van der Waals surface area contributed by atoms with E-state index < -0.39 is 15.4 Å². The highest BCUT2D eigenvalue weighted by atomic mass is 32.2. The maximum Gasteiger partial charge on any atom is 0.152 e. The molecule has 0 spiro atoms. The van der Waals surface area contributed by atoms with Gasteiger partial charge in [-0.25, -0.2) is 8.42 Å². The van der Waals surface area contributed by atoms with Crippen LogP contribution >= 0.6 is 12.2 Å². The van der Waals surface area contributed by atoms with Gasteiger partial charge >= 0.3 is 0 Å². The zero-order valence-electron chi connectivity index (χ0n) is 9.89. The van der Waals surface area contributed by atoms with Gasteiger partial charge in [0.2, 0.25) is 0 Å². The Morgan fingerprint density at radius 3 is 2.88 bits per heavy atom. The van der Waals surface area contributed by atoms with Crippen molar-refractivity contribution in [3.63, 3.8) is 0 Å². The second kappa shape index (κ2) is 4.22. The normalized spacial score (nSPS) is 27.4. The topological polar surface area (TPSA) is 64.1 Å². The van der Waals surface area contributed by atoms with Crippen molar-refractivity contribution >= 4 is 22.1 Å². The Morgan fingerprint density at radius 1 is 1.65 bits per heavy atom. The van der Waals surface area contributed by atoms with Crippen LogP contribution in [0.4, 0.5) is 0 Å². The summed E-state index contributed by atoms with van der Waals surface area (Å²) in [6.45, 7) is 2.36. The van der Waals surface area contributed by atoms with E-state index in [0.717, 1.165) is 5.69 Å². The molecule has 96 valence electrons. The molecule has 0 amide bonds. The van der Waals surface area contributed by atoms with E-state index in [4.69, 9.17) is 17.0 Å². The third kappa shape index (κ3) is 2.46. The lowest BCUT2D eigenvalue weighted by Crippen LogP contribution is -2.32. The lowest BCUT2D eigenvalue weighted by molar-refractivity contribution is 0.179. The van der Waals surface area contributed by atoms with Crippen LogP contribution < -0.4 is 0 Å². The van der Waals surface area contributed by atoms with Crippen LogP contribution in [0.2, 0.25) is 0 Å². The predicted molar refractivity (Wildman–Crippen MR) is 67.2 cm³/mol. The highest BCUT2D eigenvalue weighted by molar-refractivity contribution is 7.91. The number of aromatic amines is 1. The lowest BCUT2D eigenvalue weighted by Gasteiger charge is -2.23. The lowest BCUT2D eigenvalue weighted by atomic mass is 10.0. The van der Waals surface area contributed by atoms with Crippen LogP contribution in [0.3, 0.4) is 0 Å². The second-order valence-electron chi connectivity index (χ2n) is 4.73. The fourth-order valence-electron chi connectivity index (χ4n) is 2.24. The minimum Gasteiger partial charge on any atom is -0.378 e. The summed E-state index contributed by atoms with van der Waals surface area (Å²) in [7, 11) is -1.33. The number of sulfone groups is 1. The molecule has 0 aliphatic carbocycles. The molecule has 1 N–H and O–H groups in total. The molecular weight excluding hydrogens is 260 g/mol. The Balaban J connectivity index is 2.38. The van der Waals surface area contributed by atoms with Crippen LogP contribution in [0.25, 0.3) is 0 Å². The van der Waals surface area contributed by atoms with Crippen molar-refractivity contribution in [2.24, 2.45) is 0 Å². The van der Waals surface area contributed by atoms with Gasteiger partial charge in [-0.05, 0) is 19.4 Å². The Bertz CT molecular complexity index is 573. The first kappa shape index (κ1) is 12.8. The van der Waals surface area contributed by atoms with Crippen molar-refractivity contribution in [2.45, 2.75) is 25.5 Å². The average Bonchev–Trinajstić information content (AvgIpc) is 2.69. The van der Waals surface area contributed by atoms with Gasteiger partial charge in [-0.1, -0.05) is 12.2 Å². The first-order chi connectivity index (χ1) is 7.86. The quantitative estimate of drug-likeness (QED) is 0.843. The van der Waals surface area contributed by atoms with Gasteiger partial charge in [0.05, 0.1) is 29.3 Å². The van der Waals surface area contributed by atoms with Gasteiger partial charge in [0.15, 0.2) is 9.84 Å². The zero-order valence-corrected chi connectivity index (χ0v) is 11.5. The molecule has 5 nitrogen and oxygen atoms in total. The molecule has 0 radical (unpaired) electrons. The Morgan fingerprint density at radius 2 is 2.35 bits per heavy atom. The molecule has 0 bridgehead atoms. The van der Waals surface area contributed by atoms with E-state index in [0.29, 0.717) is 17.7 Å². The molecule has 1 aromatic heterocycles. The van der Waals surface area contributed by atoms with Gasteiger partial charge in [0, 0.05) is 7.11 Å². The summed E-state index contributed by atoms with van der Waals surface area (Å²) < 4.78 is 30.6. The number of rotatable bonds is 3. The standard InChI is InChI=1S/C10H16N2O3S2/c1-10(3-4-17(13,14)7-10)12-9(16)5-8(11-12)6-15-2/h5,11H,3-4,6-7H2,1-2H3. The van der Waals surface area contributed by atoms with Gasteiger partial charge in [0.1, 0.15) is 4.64 Å². The molecule has 7 heteroatoms. The fourth-order valence-corrected chi connectivity index (χ4v) is 4.77. The van der Waals surface area contributed by atoms with Crippen LogP contribution in [0.15, 0.2) is 6.07 Å². The maximum absolute atomic E-state index is 11.6. The number of hydrogen-bond donors (Lipinski definition) is 1. The minimum atomic E-state index is -2.94. The van der Waals surface area contributed by atoms with Gasteiger partial charge in [-0.2, -0.15) is 0 Å². The van der Waals surface area contributed by atoms with Crippen LogP contribution in [0, 0.1) is 4.64 Å². The molecule has 2 heterocycles. The number of H-pyrrole nitrogens is 1. The first-order valence-corrected chi connectivity index (χ1v) is 7.60. The summed E-state index contributed by atoms with van der Waals surface area (Å²) in [6.07, 6.45) is 0.594. The molecule has 1 saturated heterocycles. The SMILES string of the molecule is COCc1cc(=S)n(C2(C)CCS(=O)(=O)C2)[nH]1. The van der Waals surface area contributed by atoms with Gasteiger partial charge in [0.25, 0.3) is 0 Å². The Labute approximate surface area is 106 Å². The predicted octanol–water partition coefficient (Wildman–Crippen LogP) is 1.23. The molecule has 0 saturated carbocycles. The summed E-state index contributed by atoms with van der Waals surface area (Å²) in [5, 5.41) is 3.13. The van der Waals surface area contributed by atoms with E-state index in [1.54, 1.807) is 11.8 Å². The Kier molecular flexibility index (Phi) is 3.17. The number of methoxy groups -OCH3 is 1. The molecule has 1 aliphatic rings. The van der Waals surface area contributed by atoms with E-state index in [2.05, 4.69) is 5.10 Å². The fraction of sp³-hybridized carbons (Fsp3) is 0.700. The molecule has 2 rings (SSSR count). The summed E-state index contributed by atoms with van der Waals surface area (Å²) in [5.41, 5.74) is 0.407. The second-order valence-corrected chi connectivity index (χ2v) is 7.33. The number of nitrogens with zero attached hydrogens (tertiary/aromatic N) is 1. The van der Waals surface area contributed by atoms with E-state index in [1.807, 2.05) is 13.0 Å². The molecule has 1 atom stereocenters. The van der Waals surface area contributed by atoms with Crippen molar-refractivity contribution in [3.05, 3.63) is 16.4 Å². The van der Waals surface area contributed by atoms with E-state index >= 15 is 0 Å². The number of nitrogens with one attached hydrogen (secondary N) is 1. The number of aromatic nitrogens is 2. The Hall–Kier alpha value is -0.660. The van der Waals surface area contributed by atoms with Crippen molar-refractivity contribution in [2.75, 3.05) is 18.6 Å². The first-order valence-electron chi connectivity index (χ1n) is 5.37. The summed E-state index contributed by atoms with van der Waals surface area (Å²) in [4.78, 5) is 0. The van der Waals surface area contributed by atoms with Crippen LogP contribution in [0.1, 0.15) is 19.0 Å². The van der Waals surface area contributed by atoms with Crippen molar-refractivity contribution in [3.8, 4) is 0 Å². The third-order valence-electron chi connectivity index (χ3n) is 3.10. The summed E-state index contributed by atoms with van der Waals surface area (Å²) in [6, 6.07) is 1.81. The summed E-state index contributed by atoms with van der Waals surface area (Å²) >= 11 is 5.25. The largest absolute Gasteiger partial charge is 0.378 e. The van der Waals surface area contributed by atoms with E-state index in [-0.39, 0.29) is 11.5 Å². The molecule has 1 fully saturated rings. The summed E-state index contributed by atoms with van der Waals surface area (Å²) in [5.74, 6) is 0.366. The van der Waals surface area contributed by atoms with E-state index in [9.17, 15) is 8.42 Å². The molecular formula is C10H16N2O3S2. The molecule has 17 heavy (non-hydrogen) atoms. The van der Waals surface area contributed by atoms with Crippen LogP contribution in [-0.2, 0) is 26.7 Å². The third-order valence-corrected chi connectivity index (χ3v) is 5.28. The van der Waals surface area contributed by atoms with Crippen molar-refractivity contribution in [1.82, 2.24) is 9.78 Å². The zero-order chi connectivity index (χ0) is 12.7. The smallest absolute Gasteiger partial charge is 0.152 e. The van der Waals surface area contributed by atoms with Crippen LogP contribution in [-0.4, -0.2) is 36.8 Å². The molecule has 0 aromatic carbocycles. The molecule has 1 unspecified atom stereocenters. The van der Waals surface area contributed by atoms with Gasteiger partial charge in [-0.15, -0.1) is 0 Å². The number of ether oxygens (including phenoxy) is 1. The highest BCUT2D eigenvalue weighted by Gasteiger charge is 2.40. The van der Waals surface area contributed by atoms with Gasteiger partial charge in [-0.3, -0.25) is 9.78 Å². The van der Waals surface area contributed by atoms with Gasteiger partial charge < -0.3 is 4.74 Å². The minimum absolute atomic E-state index is 0.140. The average molecular weight is 276 g/mol. The van der Waals surface area contributed by atoms with Crippen molar-refractivity contribution < 1.29 is 13.2 Å². The van der Waals surface area contributed by atoms with Crippen molar-refractivity contribution in [1.29, 1.82) is 0 Å². The molecule has 1 aliphatic heterocycles. The van der Waals surface area contributed by atoms with Crippen LogP contribution in [0.5, 0.6) is 0 Å². The highest BCUT2D eigenvalue weighted by Crippen LogP contribution is 2.30. The number of hydrogen-bond acceptors (Lipinski definition) is 4. The monoisotopic (exact) mass is 276 g/mol.